The van der Waals surface area contributed by atoms with E-state index in [9.17, 15) is 4.79 Å². The van der Waals surface area contributed by atoms with E-state index in [0.29, 0.717) is 13.0 Å². The van der Waals surface area contributed by atoms with Gasteiger partial charge in [0, 0.05) is 52.2 Å². The van der Waals surface area contributed by atoms with Crippen LogP contribution in [-0.2, 0) is 4.79 Å². The van der Waals surface area contributed by atoms with Crippen LogP contribution in [0.5, 0.6) is 0 Å². The Morgan fingerprint density at radius 2 is 2.00 bits per heavy atom. The topological polar surface area (TPSA) is 61.6 Å². The molecule has 100 valence electrons. The van der Waals surface area contributed by atoms with Gasteiger partial charge >= 0.3 is 0 Å². The fraction of sp³-hybridized carbons (Fsp3) is 0.917. The summed E-state index contributed by atoms with van der Waals surface area (Å²) >= 11 is 0. The highest BCUT2D eigenvalue weighted by Crippen LogP contribution is 2.09. The van der Waals surface area contributed by atoms with Crippen molar-refractivity contribution in [3.05, 3.63) is 0 Å². The first-order valence-electron chi connectivity index (χ1n) is 6.58. The van der Waals surface area contributed by atoms with E-state index in [0.717, 1.165) is 26.2 Å². The number of hydrogen-bond donors (Lipinski definition) is 2. The van der Waals surface area contributed by atoms with Crippen molar-refractivity contribution in [1.82, 2.24) is 15.1 Å². The predicted molar refractivity (Wildman–Crippen MR) is 69.8 cm³/mol. The van der Waals surface area contributed by atoms with Gasteiger partial charge in [-0.05, 0) is 13.0 Å². The van der Waals surface area contributed by atoms with Crippen molar-refractivity contribution in [3.8, 4) is 0 Å². The molecule has 1 amide bonds. The Labute approximate surface area is 104 Å². The Morgan fingerprint density at radius 3 is 2.47 bits per heavy atom. The number of nitrogens with one attached hydrogen (secondary N) is 1. The molecule has 17 heavy (non-hydrogen) atoms. The number of amides is 1. The van der Waals surface area contributed by atoms with E-state index in [1.807, 2.05) is 0 Å². The van der Waals surface area contributed by atoms with Crippen LogP contribution in [0.4, 0.5) is 0 Å². The predicted octanol–water partition coefficient (Wildman–Crippen LogP) is -0.523. The number of nitrogens with two attached hydrogens (primary N) is 1. The summed E-state index contributed by atoms with van der Waals surface area (Å²) in [5, 5.41) is 2.67. The molecule has 1 heterocycles. The minimum atomic E-state index is 0.0800. The molecule has 0 spiro atoms. The lowest BCUT2D eigenvalue weighted by atomic mass is 10.1. The molecule has 1 aliphatic heterocycles. The smallest absolute Gasteiger partial charge is 0.221 e. The van der Waals surface area contributed by atoms with Crippen LogP contribution < -0.4 is 11.1 Å². The van der Waals surface area contributed by atoms with Gasteiger partial charge in [0.25, 0.3) is 0 Å². The largest absolute Gasteiger partial charge is 0.359 e. The van der Waals surface area contributed by atoms with Crippen LogP contribution >= 0.6 is 0 Å². The molecule has 1 saturated heterocycles. The lowest BCUT2D eigenvalue weighted by Gasteiger charge is -2.38. The molecule has 5 heteroatoms. The van der Waals surface area contributed by atoms with Crippen molar-refractivity contribution in [1.29, 1.82) is 0 Å². The minimum absolute atomic E-state index is 0.0800. The van der Waals surface area contributed by atoms with Gasteiger partial charge in [0.2, 0.25) is 5.91 Å². The Bertz CT molecular complexity index is 227. The Hall–Kier alpha value is -0.650. The first-order valence-corrected chi connectivity index (χ1v) is 6.58. The number of nitrogens with zero attached hydrogens (tertiary/aromatic N) is 2. The SMILES string of the molecule is CCCN1CCN(C(CN)CC(=O)NC)CC1. The standard InChI is InChI=1S/C12H26N4O/c1-3-4-15-5-7-16(8-6-15)11(10-13)9-12(17)14-2/h11H,3-10,13H2,1-2H3,(H,14,17). The molecule has 3 N–H and O–H groups in total. The van der Waals surface area contributed by atoms with Crippen LogP contribution in [0.15, 0.2) is 0 Å². The molecule has 1 atom stereocenters. The third-order valence-electron chi connectivity index (χ3n) is 3.44. The molecule has 0 bridgehead atoms. The molecule has 1 aliphatic rings. The lowest BCUT2D eigenvalue weighted by molar-refractivity contribution is -0.122. The number of rotatable bonds is 6. The molecular weight excluding hydrogens is 216 g/mol. The van der Waals surface area contributed by atoms with Gasteiger partial charge in [-0.2, -0.15) is 0 Å². The van der Waals surface area contributed by atoms with E-state index in [1.165, 1.54) is 13.0 Å². The first-order chi connectivity index (χ1) is 8.21. The second-order valence-electron chi connectivity index (χ2n) is 4.64. The Kier molecular flexibility index (Phi) is 6.47. The van der Waals surface area contributed by atoms with Gasteiger partial charge in [-0.3, -0.25) is 9.69 Å². The van der Waals surface area contributed by atoms with Crippen molar-refractivity contribution >= 4 is 5.91 Å². The quantitative estimate of drug-likeness (QED) is 0.658. The maximum atomic E-state index is 11.4. The van der Waals surface area contributed by atoms with Gasteiger partial charge in [-0.25, -0.2) is 0 Å². The summed E-state index contributed by atoms with van der Waals surface area (Å²) in [6.07, 6.45) is 1.72. The van der Waals surface area contributed by atoms with Gasteiger partial charge in [-0.15, -0.1) is 0 Å². The van der Waals surface area contributed by atoms with E-state index in [4.69, 9.17) is 5.73 Å². The summed E-state index contributed by atoms with van der Waals surface area (Å²) in [5.74, 6) is 0.0800. The number of hydrogen-bond acceptors (Lipinski definition) is 4. The molecule has 1 fully saturated rings. The van der Waals surface area contributed by atoms with E-state index < -0.39 is 0 Å². The van der Waals surface area contributed by atoms with Crippen LogP contribution in [0.2, 0.25) is 0 Å². The second kappa shape index (κ2) is 7.63. The number of carbonyl (C=O) groups is 1. The van der Waals surface area contributed by atoms with Crippen LogP contribution in [0.3, 0.4) is 0 Å². The van der Waals surface area contributed by atoms with E-state index in [2.05, 4.69) is 22.0 Å². The second-order valence-corrected chi connectivity index (χ2v) is 4.64. The highest BCUT2D eigenvalue weighted by molar-refractivity contribution is 5.76. The highest BCUT2D eigenvalue weighted by Gasteiger charge is 2.23. The molecule has 1 unspecified atom stereocenters. The molecule has 5 nitrogen and oxygen atoms in total. The molecule has 0 saturated carbocycles. The van der Waals surface area contributed by atoms with Crippen molar-refractivity contribution in [3.63, 3.8) is 0 Å². The van der Waals surface area contributed by atoms with Gasteiger partial charge < -0.3 is 16.0 Å². The van der Waals surface area contributed by atoms with Crippen LogP contribution in [0.25, 0.3) is 0 Å². The van der Waals surface area contributed by atoms with E-state index in [-0.39, 0.29) is 11.9 Å². The molecule has 0 radical (unpaired) electrons. The average molecular weight is 242 g/mol. The zero-order chi connectivity index (χ0) is 12.7. The fourth-order valence-electron chi connectivity index (χ4n) is 2.35. The highest BCUT2D eigenvalue weighted by atomic mass is 16.1. The molecule has 0 aromatic heterocycles. The average Bonchev–Trinajstić information content (AvgIpc) is 2.37. The number of piperazine rings is 1. The maximum absolute atomic E-state index is 11.4. The van der Waals surface area contributed by atoms with E-state index in [1.54, 1.807) is 7.05 Å². The summed E-state index contributed by atoms with van der Waals surface area (Å²) in [5.41, 5.74) is 5.76. The summed E-state index contributed by atoms with van der Waals surface area (Å²) in [7, 11) is 1.68. The molecule has 0 aromatic rings. The number of carbonyl (C=O) groups excluding carboxylic acids is 1. The monoisotopic (exact) mass is 242 g/mol. The molecule has 1 rings (SSSR count). The Morgan fingerprint density at radius 1 is 1.35 bits per heavy atom. The van der Waals surface area contributed by atoms with Gasteiger partial charge in [0.15, 0.2) is 0 Å². The third kappa shape index (κ3) is 4.61. The zero-order valence-corrected chi connectivity index (χ0v) is 11.1. The first kappa shape index (κ1) is 14.4. The molecule has 0 aromatic carbocycles. The fourth-order valence-corrected chi connectivity index (χ4v) is 2.35. The summed E-state index contributed by atoms with van der Waals surface area (Å²) in [6, 6.07) is 0.193. The third-order valence-corrected chi connectivity index (χ3v) is 3.44. The maximum Gasteiger partial charge on any atom is 0.221 e. The zero-order valence-electron chi connectivity index (χ0n) is 11.1. The van der Waals surface area contributed by atoms with Crippen LogP contribution in [-0.4, -0.2) is 68.1 Å². The normalized spacial score (nSPS) is 20.2. The minimum Gasteiger partial charge on any atom is -0.359 e. The van der Waals surface area contributed by atoms with Crippen molar-refractivity contribution in [2.45, 2.75) is 25.8 Å². The van der Waals surface area contributed by atoms with Crippen LogP contribution in [0.1, 0.15) is 19.8 Å². The molecule has 0 aliphatic carbocycles. The van der Waals surface area contributed by atoms with Crippen molar-refractivity contribution < 1.29 is 4.79 Å². The van der Waals surface area contributed by atoms with Crippen molar-refractivity contribution in [2.75, 3.05) is 46.3 Å². The van der Waals surface area contributed by atoms with Gasteiger partial charge in [0.1, 0.15) is 0 Å². The summed E-state index contributed by atoms with van der Waals surface area (Å²) in [6.45, 7) is 8.19. The summed E-state index contributed by atoms with van der Waals surface area (Å²) < 4.78 is 0. The lowest BCUT2D eigenvalue weighted by Crippen LogP contribution is -2.53. The van der Waals surface area contributed by atoms with Crippen molar-refractivity contribution in [2.24, 2.45) is 5.73 Å². The van der Waals surface area contributed by atoms with Crippen LogP contribution in [0, 0.1) is 0 Å². The van der Waals surface area contributed by atoms with E-state index >= 15 is 0 Å². The summed E-state index contributed by atoms with van der Waals surface area (Å²) in [4.78, 5) is 16.2. The van der Waals surface area contributed by atoms with Gasteiger partial charge in [0.05, 0.1) is 0 Å². The Balaban J connectivity index is 2.36. The molecular formula is C12H26N4O. The van der Waals surface area contributed by atoms with Gasteiger partial charge in [-0.1, -0.05) is 6.92 Å².